The second kappa shape index (κ2) is 8.81. The molecule has 1 aliphatic rings. The van der Waals surface area contributed by atoms with Crippen molar-refractivity contribution in [2.24, 2.45) is 5.92 Å². The van der Waals surface area contributed by atoms with Gasteiger partial charge in [0, 0.05) is 24.8 Å². The summed E-state index contributed by atoms with van der Waals surface area (Å²) in [6, 6.07) is 0.667. The zero-order valence-corrected chi connectivity index (χ0v) is 11.9. The molecule has 0 aromatic rings. The molecule has 3 nitrogen and oxygen atoms in total. The van der Waals surface area contributed by atoms with Crippen molar-refractivity contribution < 1.29 is 9.53 Å². The van der Waals surface area contributed by atoms with Crippen LogP contribution in [0.5, 0.6) is 0 Å². The summed E-state index contributed by atoms with van der Waals surface area (Å²) in [5, 5.41) is 3.58. The van der Waals surface area contributed by atoms with Gasteiger partial charge in [-0.25, -0.2) is 0 Å². The molecule has 0 unspecified atom stereocenters. The summed E-state index contributed by atoms with van der Waals surface area (Å²) in [5.41, 5.74) is 0. The topological polar surface area (TPSA) is 38.3 Å². The Labute approximate surface area is 109 Å². The number of ether oxygens (including phenoxy) is 1. The van der Waals surface area contributed by atoms with Crippen molar-refractivity contribution in [3.63, 3.8) is 0 Å². The number of rotatable bonds is 7. The Kier molecular flexibility index (Phi) is 7.69. The Balaban J connectivity index is 2.10. The Bertz CT molecular complexity index is 215. The largest absolute Gasteiger partial charge is 0.466 e. The minimum absolute atomic E-state index is 0.0220. The monoisotopic (exact) mass is 259 g/mol. The van der Waals surface area contributed by atoms with E-state index < -0.39 is 0 Å². The first-order chi connectivity index (χ1) is 8.26. The van der Waals surface area contributed by atoms with E-state index in [2.05, 4.69) is 11.6 Å². The van der Waals surface area contributed by atoms with Crippen molar-refractivity contribution in [1.29, 1.82) is 0 Å². The molecule has 0 aliphatic heterocycles. The molecular weight excluding hydrogens is 234 g/mol. The number of hydrogen-bond acceptors (Lipinski definition) is 4. The van der Waals surface area contributed by atoms with Gasteiger partial charge in [-0.05, 0) is 44.8 Å². The van der Waals surface area contributed by atoms with Crippen molar-refractivity contribution in [2.45, 2.75) is 45.1 Å². The quantitative estimate of drug-likeness (QED) is 0.563. The molecule has 17 heavy (non-hydrogen) atoms. The molecule has 0 saturated heterocycles. The van der Waals surface area contributed by atoms with Crippen LogP contribution in [-0.4, -0.2) is 37.2 Å². The molecule has 0 amide bonds. The van der Waals surface area contributed by atoms with E-state index in [4.69, 9.17) is 4.74 Å². The summed E-state index contributed by atoms with van der Waals surface area (Å²) in [6.45, 7) is 3.48. The van der Waals surface area contributed by atoms with Crippen LogP contribution in [0.1, 0.15) is 39.0 Å². The number of carbonyl (C=O) groups excluding carboxylic acids is 1. The first-order valence-corrected chi connectivity index (χ1v) is 8.03. The lowest BCUT2D eigenvalue weighted by Gasteiger charge is -2.28. The highest BCUT2D eigenvalue weighted by atomic mass is 32.2. The molecule has 1 saturated carbocycles. The number of nitrogens with one attached hydrogen (secondary N) is 1. The van der Waals surface area contributed by atoms with Crippen LogP contribution in [0, 0.1) is 5.92 Å². The Morgan fingerprint density at radius 1 is 1.35 bits per heavy atom. The molecule has 0 radical (unpaired) electrons. The number of hydrogen-bond donors (Lipinski definition) is 1. The highest BCUT2D eigenvalue weighted by molar-refractivity contribution is 7.98. The summed E-state index contributed by atoms with van der Waals surface area (Å²) >= 11 is 1.88. The minimum Gasteiger partial charge on any atom is -0.466 e. The molecule has 0 aromatic heterocycles. The molecule has 4 heteroatoms. The van der Waals surface area contributed by atoms with Gasteiger partial charge in [-0.3, -0.25) is 4.79 Å². The molecule has 1 rings (SSSR count). The first kappa shape index (κ1) is 14.8. The third kappa shape index (κ3) is 6.32. The maximum absolute atomic E-state index is 11.4. The lowest BCUT2D eigenvalue weighted by atomic mass is 9.84. The van der Waals surface area contributed by atoms with E-state index >= 15 is 0 Å². The van der Waals surface area contributed by atoms with Gasteiger partial charge in [0.05, 0.1) is 6.61 Å². The fraction of sp³-hybridized carbons (Fsp3) is 0.923. The molecule has 1 fully saturated rings. The van der Waals surface area contributed by atoms with Crippen LogP contribution in [0.15, 0.2) is 0 Å². The van der Waals surface area contributed by atoms with Gasteiger partial charge in [0.15, 0.2) is 0 Å². The number of carbonyl (C=O) groups is 1. The number of thioether (sulfide) groups is 1. The summed E-state index contributed by atoms with van der Waals surface area (Å²) in [7, 11) is 0. The summed E-state index contributed by atoms with van der Waals surface area (Å²) in [4.78, 5) is 11.4. The zero-order chi connectivity index (χ0) is 12.5. The highest BCUT2D eigenvalue weighted by Crippen LogP contribution is 2.27. The maximum Gasteiger partial charge on any atom is 0.306 e. The fourth-order valence-corrected chi connectivity index (χ4v) is 2.71. The van der Waals surface area contributed by atoms with Crippen LogP contribution in [-0.2, 0) is 9.53 Å². The van der Waals surface area contributed by atoms with E-state index in [0.717, 1.165) is 19.4 Å². The minimum atomic E-state index is -0.0220. The van der Waals surface area contributed by atoms with E-state index in [0.29, 0.717) is 25.0 Å². The Hall–Kier alpha value is -0.220. The third-order valence-electron chi connectivity index (χ3n) is 3.35. The van der Waals surface area contributed by atoms with Crippen LogP contribution in [0.2, 0.25) is 0 Å². The molecule has 0 aromatic carbocycles. The van der Waals surface area contributed by atoms with Crippen LogP contribution < -0.4 is 5.32 Å². The molecule has 1 N–H and O–H groups in total. The summed E-state index contributed by atoms with van der Waals surface area (Å²) in [6.07, 6.45) is 7.49. The molecule has 0 atom stereocenters. The third-order valence-corrected chi connectivity index (χ3v) is 3.96. The lowest BCUT2D eigenvalue weighted by Crippen LogP contribution is -2.35. The maximum atomic E-state index is 11.4. The molecule has 1 aliphatic carbocycles. The molecular formula is C13H25NO2S. The van der Waals surface area contributed by atoms with Gasteiger partial charge in [0.2, 0.25) is 0 Å². The van der Waals surface area contributed by atoms with Gasteiger partial charge in [0.1, 0.15) is 0 Å². The first-order valence-electron chi connectivity index (χ1n) is 6.64. The smallest absolute Gasteiger partial charge is 0.306 e. The van der Waals surface area contributed by atoms with Gasteiger partial charge in [-0.2, -0.15) is 11.8 Å². The highest BCUT2D eigenvalue weighted by Gasteiger charge is 2.22. The van der Waals surface area contributed by atoms with Crippen molar-refractivity contribution >= 4 is 17.7 Å². The lowest BCUT2D eigenvalue weighted by molar-refractivity contribution is -0.144. The zero-order valence-electron chi connectivity index (χ0n) is 11.0. The average molecular weight is 259 g/mol. The van der Waals surface area contributed by atoms with E-state index in [1.165, 1.54) is 18.6 Å². The van der Waals surface area contributed by atoms with Gasteiger partial charge < -0.3 is 10.1 Å². The predicted molar refractivity (Wildman–Crippen MR) is 73.4 cm³/mol. The molecule has 100 valence electrons. The molecule has 0 bridgehead atoms. The van der Waals surface area contributed by atoms with Gasteiger partial charge in [0.25, 0.3) is 0 Å². The van der Waals surface area contributed by atoms with Crippen LogP contribution >= 0.6 is 11.8 Å². The van der Waals surface area contributed by atoms with E-state index in [-0.39, 0.29) is 5.97 Å². The van der Waals surface area contributed by atoms with Crippen LogP contribution in [0.3, 0.4) is 0 Å². The average Bonchev–Trinajstić information content (AvgIpc) is 2.32. The van der Waals surface area contributed by atoms with Gasteiger partial charge in [-0.15, -0.1) is 0 Å². The normalized spacial score (nSPS) is 24.6. The molecule has 0 spiro atoms. The SMILES string of the molecule is CCOC(=O)CC1CCC(NCCSC)CC1. The van der Waals surface area contributed by atoms with Gasteiger partial charge in [-0.1, -0.05) is 0 Å². The van der Waals surface area contributed by atoms with E-state index in [9.17, 15) is 4.79 Å². The number of esters is 1. The Morgan fingerprint density at radius 3 is 2.65 bits per heavy atom. The van der Waals surface area contributed by atoms with Crippen molar-refractivity contribution in [2.75, 3.05) is 25.2 Å². The van der Waals surface area contributed by atoms with Gasteiger partial charge >= 0.3 is 5.97 Å². The van der Waals surface area contributed by atoms with Crippen molar-refractivity contribution in [3.8, 4) is 0 Å². The summed E-state index contributed by atoms with van der Waals surface area (Å²) < 4.78 is 4.99. The van der Waals surface area contributed by atoms with Crippen LogP contribution in [0.4, 0.5) is 0 Å². The summed E-state index contributed by atoms with van der Waals surface area (Å²) in [5.74, 6) is 1.71. The van der Waals surface area contributed by atoms with Crippen molar-refractivity contribution in [1.82, 2.24) is 5.32 Å². The van der Waals surface area contributed by atoms with E-state index in [1.807, 2.05) is 18.7 Å². The van der Waals surface area contributed by atoms with Crippen molar-refractivity contribution in [3.05, 3.63) is 0 Å². The predicted octanol–water partition coefficient (Wildman–Crippen LogP) is 2.45. The standard InChI is InChI=1S/C13H25NO2S/c1-3-16-13(15)10-11-4-6-12(7-5-11)14-8-9-17-2/h11-12,14H,3-10H2,1-2H3. The van der Waals surface area contributed by atoms with E-state index in [1.54, 1.807) is 0 Å². The second-order valence-electron chi connectivity index (χ2n) is 4.67. The second-order valence-corrected chi connectivity index (χ2v) is 5.66. The van der Waals surface area contributed by atoms with Crippen LogP contribution in [0.25, 0.3) is 0 Å². The fourth-order valence-electron chi connectivity index (χ4n) is 2.39. The Morgan fingerprint density at radius 2 is 2.06 bits per heavy atom. The molecule has 0 heterocycles.